The first-order chi connectivity index (χ1) is 26.2. The fraction of sp³-hybridized carbons (Fsp3) is 0.140. The topological polar surface area (TPSA) is 32.0 Å². The fourth-order valence-electron chi connectivity index (χ4n) is 9.66. The number of nitriles is 1. The number of aryl methyl sites for hydroxylation is 1. The second-order valence-corrected chi connectivity index (χ2v) is 14.7. The third kappa shape index (κ3) is 5.01. The number of hydrogen-bond donors (Lipinski definition) is 0. The Morgan fingerprint density at radius 3 is 2.11 bits per heavy atom. The lowest BCUT2D eigenvalue weighted by molar-refractivity contribution is 0.463. The number of anilines is 1. The molecule has 7 aromatic rings. The average molecular weight is 682 g/mol. The Kier molecular flexibility index (Phi) is 7.51. The highest BCUT2D eigenvalue weighted by Crippen LogP contribution is 2.50. The Balaban J connectivity index is 1.12. The lowest BCUT2D eigenvalue weighted by Crippen LogP contribution is -2.38. The van der Waals surface area contributed by atoms with Crippen LogP contribution < -0.4 is 4.90 Å². The van der Waals surface area contributed by atoms with Crippen LogP contribution in [0.2, 0.25) is 0 Å². The van der Waals surface area contributed by atoms with Crippen molar-refractivity contribution in [2.75, 3.05) is 4.90 Å². The number of allylic oxidation sites excluding steroid dienone is 3. The number of aromatic nitrogens is 1. The molecule has 0 bridgehead atoms. The monoisotopic (exact) mass is 681 g/mol. The molecule has 6 aromatic carbocycles. The van der Waals surface area contributed by atoms with Gasteiger partial charge in [0.2, 0.25) is 0 Å². The van der Waals surface area contributed by atoms with E-state index < -0.39 is 0 Å². The molecule has 0 saturated carbocycles. The van der Waals surface area contributed by atoms with Gasteiger partial charge in [0.1, 0.15) is 6.07 Å². The quantitative estimate of drug-likeness (QED) is 0.181. The largest absolute Gasteiger partial charge is 0.360 e. The number of fused-ring (bicyclic) bond motifs is 6. The summed E-state index contributed by atoms with van der Waals surface area (Å²) < 4.78 is 2.46. The first-order valence-corrected chi connectivity index (χ1v) is 18.8. The van der Waals surface area contributed by atoms with Gasteiger partial charge in [-0.3, -0.25) is 0 Å². The molecule has 0 amide bonds. The van der Waals surface area contributed by atoms with Gasteiger partial charge >= 0.3 is 0 Å². The molecule has 2 heterocycles. The molecule has 1 aromatic heterocycles. The smallest absolute Gasteiger partial charge is 0.101 e. The highest BCUT2D eigenvalue weighted by atomic mass is 15.2. The number of benzene rings is 6. The lowest BCUT2D eigenvalue weighted by atomic mass is 9.76. The van der Waals surface area contributed by atoms with E-state index in [4.69, 9.17) is 0 Å². The van der Waals surface area contributed by atoms with Gasteiger partial charge in [0.15, 0.2) is 0 Å². The molecular weight excluding hydrogens is 643 g/mol. The van der Waals surface area contributed by atoms with E-state index in [2.05, 4.69) is 180 Å². The molecule has 3 heteroatoms. The summed E-state index contributed by atoms with van der Waals surface area (Å²) in [6.07, 6.45) is 13.7. The molecule has 10 rings (SSSR count). The molecule has 3 aliphatic rings. The van der Waals surface area contributed by atoms with Gasteiger partial charge < -0.3 is 9.47 Å². The second-order valence-electron chi connectivity index (χ2n) is 14.7. The van der Waals surface area contributed by atoms with Gasteiger partial charge in [-0.15, -0.1) is 0 Å². The summed E-state index contributed by atoms with van der Waals surface area (Å²) in [5.74, 6) is 0.700. The molecule has 1 aliphatic heterocycles. The molecule has 0 N–H and O–H groups in total. The van der Waals surface area contributed by atoms with Crippen molar-refractivity contribution in [3.8, 4) is 34.0 Å². The maximum Gasteiger partial charge on any atom is 0.101 e. The van der Waals surface area contributed by atoms with Crippen molar-refractivity contribution in [2.45, 2.75) is 31.8 Å². The molecule has 0 spiro atoms. The highest BCUT2D eigenvalue weighted by Gasteiger charge is 2.48. The summed E-state index contributed by atoms with van der Waals surface area (Å²) in [5, 5.41) is 12.6. The SMILES string of the molecule is Cc1cccc(-n2c3ccccc3c3cccc(-c4ccccc4-c4ccccc4C4=CC5C6C=CC=CC6N(c6ccccc6C#N)[C@H]5CC4)c32)c1. The van der Waals surface area contributed by atoms with E-state index in [-0.39, 0.29) is 6.04 Å². The predicted octanol–water partition coefficient (Wildman–Crippen LogP) is 12.1. The van der Waals surface area contributed by atoms with Crippen LogP contribution in [-0.2, 0) is 0 Å². The van der Waals surface area contributed by atoms with E-state index in [9.17, 15) is 5.26 Å². The Labute approximate surface area is 311 Å². The molecule has 1 fully saturated rings. The lowest BCUT2D eigenvalue weighted by Gasteiger charge is -2.35. The van der Waals surface area contributed by atoms with Gasteiger partial charge in [-0.2, -0.15) is 5.26 Å². The van der Waals surface area contributed by atoms with Crippen LogP contribution in [0.5, 0.6) is 0 Å². The van der Waals surface area contributed by atoms with Crippen LogP contribution in [0, 0.1) is 30.1 Å². The zero-order valence-corrected chi connectivity index (χ0v) is 29.7. The molecule has 4 atom stereocenters. The first-order valence-electron chi connectivity index (χ1n) is 18.8. The van der Waals surface area contributed by atoms with Gasteiger partial charge in [-0.1, -0.05) is 140 Å². The van der Waals surface area contributed by atoms with Crippen molar-refractivity contribution in [2.24, 2.45) is 11.8 Å². The summed E-state index contributed by atoms with van der Waals surface area (Å²) in [7, 11) is 0. The highest BCUT2D eigenvalue weighted by molar-refractivity contribution is 6.14. The van der Waals surface area contributed by atoms with E-state index in [1.165, 1.54) is 66.4 Å². The normalized spacial score (nSPS) is 20.3. The number of hydrogen-bond acceptors (Lipinski definition) is 2. The van der Waals surface area contributed by atoms with Crippen molar-refractivity contribution in [3.05, 3.63) is 187 Å². The van der Waals surface area contributed by atoms with Gasteiger partial charge in [-0.05, 0) is 83.5 Å². The maximum atomic E-state index is 10.1. The van der Waals surface area contributed by atoms with E-state index in [0.29, 0.717) is 17.9 Å². The third-order valence-electron chi connectivity index (χ3n) is 11.9. The summed E-state index contributed by atoms with van der Waals surface area (Å²) in [6.45, 7) is 2.17. The molecule has 53 heavy (non-hydrogen) atoms. The van der Waals surface area contributed by atoms with Gasteiger partial charge in [0.05, 0.1) is 28.3 Å². The van der Waals surface area contributed by atoms with Crippen LogP contribution in [-0.4, -0.2) is 16.7 Å². The zero-order chi connectivity index (χ0) is 35.5. The van der Waals surface area contributed by atoms with Crippen LogP contribution in [0.4, 0.5) is 5.69 Å². The van der Waals surface area contributed by atoms with Gasteiger partial charge in [0, 0.05) is 39.9 Å². The number of rotatable bonds is 5. The van der Waals surface area contributed by atoms with E-state index >= 15 is 0 Å². The van der Waals surface area contributed by atoms with E-state index in [1.807, 2.05) is 12.1 Å². The molecule has 254 valence electrons. The summed E-state index contributed by atoms with van der Waals surface area (Å²) in [4.78, 5) is 2.55. The van der Waals surface area contributed by atoms with Crippen LogP contribution >= 0.6 is 0 Å². The van der Waals surface area contributed by atoms with Gasteiger partial charge in [-0.25, -0.2) is 0 Å². The Bertz CT molecular complexity index is 2700. The predicted molar refractivity (Wildman–Crippen MR) is 220 cm³/mol. The second kappa shape index (κ2) is 12.7. The molecule has 1 saturated heterocycles. The Hall–Kier alpha value is -6.37. The average Bonchev–Trinajstić information content (AvgIpc) is 3.73. The molecule has 3 unspecified atom stereocenters. The fourth-order valence-corrected chi connectivity index (χ4v) is 9.66. The third-order valence-corrected chi connectivity index (χ3v) is 11.9. The Morgan fingerprint density at radius 2 is 1.28 bits per heavy atom. The number of nitrogens with zero attached hydrogens (tertiary/aromatic N) is 3. The minimum absolute atomic E-state index is 0.233. The summed E-state index contributed by atoms with van der Waals surface area (Å²) >= 11 is 0. The standard InChI is InChI=1S/C50H39N3/c1-33-14-12-16-36(30-33)52-47-26-10-7-21-41(47)44-24-13-23-43(50(44)52)40-20-6-5-19-39(40)38-18-4-3-17-37(38)34-28-29-49-45(31-34)42-22-8-11-27-48(42)53(49)46-25-9-2-15-35(46)32-51/h2-27,30-31,42,45,48-49H,28-29H2,1H3/t42?,45?,48?,49-/m0/s1. The van der Waals surface area contributed by atoms with Gasteiger partial charge in [0.25, 0.3) is 0 Å². The molecule has 3 nitrogen and oxygen atoms in total. The maximum absolute atomic E-state index is 10.1. The van der Waals surface area contributed by atoms with Crippen LogP contribution in [0.3, 0.4) is 0 Å². The summed E-state index contributed by atoms with van der Waals surface area (Å²) in [5.41, 5.74) is 14.4. The van der Waals surface area contributed by atoms with Crippen molar-refractivity contribution >= 4 is 33.1 Å². The minimum Gasteiger partial charge on any atom is -0.360 e. The van der Waals surface area contributed by atoms with E-state index in [0.717, 1.165) is 24.1 Å². The summed E-state index contributed by atoms with van der Waals surface area (Å²) in [6, 6.07) is 53.6. The van der Waals surface area contributed by atoms with Crippen LogP contribution in [0.15, 0.2) is 170 Å². The molecular formula is C50H39N3. The molecule has 2 aliphatic carbocycles. The van der Waals surface area contributed by atoms with Crippen molar-refractivity contribution in [1.82, 2.24) is 4.57 Å². The zero-order valence-electron chi connectivity index (χ0n) is 29.7. The van der Waals surface area contributed by atoms with Crippen molar-refractivity contribution < 1.29 is 0 Å². The van der Waals surface area contributed by atoms with Crippen LogP contribution in [0.1, 0.15) is 29.5 Å². The minimum atomic E-state index is 0.233. The number of para-hydroxylation sites is 3. The first kappa shape index (κ1) is 31.4. The van der Waals surface area contributed by atoms with Crippen LogP contribution in [0.25, 0.3) is 55.3 Å². The van der Waals surface area contributed by atoms with Crippen molar-refractivity contribution in [3.63, 3.8) is 0 Å². The van der Waals surface area contributed by atoms with Crippen molar-refractivity contribution in [1.29, 1.82) is 5.26 Å². The van der Waals surface area contributed by atoms with E-state index in [1.54, 1.807) is 0 Å². The Morgan fingerprint density at radius 1 is 0.623 bits per heavy atom. The molecule has 0 radical (unpaired) electrons.